The van der Waals surface area contributed by atoms with E-state index in [-0.39, 0.29) is 0 Å². The molecule has 0 fully saturated rings. The van der Waals surface area contributed by atoms with Gasteiger partial charge in [0, 0.05) is 19.0 Å². The van der Waals surface area contributed by atoms with Gasteiger partial charge in [-0.15, -0.1) is 0 Å². The van der Waals surface area contributed by atoms with Gasteiger partial charge in [0.15, 0.2) is 0 Å². The summed E-state index contributed by atoms with van der Waals surface area (Å²) in [6.07, 6.45) is 3.46. The van der Waals surface area contributed by atoms with Crippen LogP contribution in [0.15, 0.2) is 15.9 Å². The van der Waals surface area contributed by atoms with Crippen molar-refractivity contribution in [3.8, 4) is 0 Å². The summed E-state index contributed by atoms with van der Waals surface area (Å²) in [4.78, 5) is 0. The van der Waals surface area contributed by atoms with Crippen LogP contribution in [0.1, 0.15) is 0 Å². The van der Waals surface area contributed by atoms with Gasteiger partial charge < -0.3 is 0 Å². The predicted molar refractivity (Wildman–Crippen MR) is 39.7 cm³/mol. The lowest BCUT2D eigenvalue weighted by Gasteiger charge is -1.83. The third-order valence-electron chi connectivity index (χ3n) is 0.544. The first kappa shape index (κ1) is 5.34. The van der Waals surface area contributed by atoms with Crippen LogP contribution in [0.3, 0.4) is 0 Å². The van der Waals surface area contributed by atoms with E-state index in [1.807, 2.05) is 0 Å². The Hall–Kier alpha value is 0.200. The second-order valence-corrected chi connectivity index (χ2v) is 6.29. The van der Waals surface area contributed by atoms with Gasteiger partial charge >= 0.3 is 0 Å². The van der Waals surface area contributed by atoms with Crippen molar-refractivity contribution >= 4 is 35.9 Å². The number of hydrogen-bond acceptors (Lipinski definition) is 2. The highest BCUT2D eigenvalue weighted by Crippen LogP contribution is 1.99. The smallest absolute Gasteiger partial charge is 0.0367 e. The molecule has 0 aromatic carbocycles. The molecule has 0 spiro atoms. The average molecular weight is 149 g/mol. The van der Waals surface area contributed by atoms with Gasteiger partial charge in [0.05, 0.1) is 0 Å². The maximum absolute atomic E-state index is 4.82. The highest BCUT2D eigenvalue weighted by molar-refractivity contribution is 8.57. The molecule has 0 aromatic heterocycles. The second kappa shape index (κ2) is 1.61. The summed E-state index contributed by atoms with van der Waals surface area (Å²) in [6, 6.07) is 0. The van der Waals surface area contributed by atoms with Crippen molar-refractivity contribution < 1.29 is 0 Å². The van der Waals surface area contributed by atoms with E-state index in [2.05, 4.69) is 4.40 Å². The van der Waals surface area contributed by atoms with Gasteiger partial charge in [-0.3, -0.25) is 0 Å². The maximum atomic E-state index is 4.82. The van der Waals surface area contributed by atoms with Gasteiger partial charge in [0.25, 0.3) is 0 Å². The Labute approximate surface area is 52.1 Å². The van der Waals surface area contributed by atoms with Crippen LogP contribution in [-0.4, -0.2) is 6.21 Å². The number of allylic oxidation sites excluding steroid dienone is 1. The first-order valence-corrected chi connectivity index (χ1v) is 5.18. The Morgan fingerprint density at radius 1 is 1.43 bits per heavy atom. The molecule has 1 heterocycles. The molecule has 1 rings (SSSR count). The Bertz CT molecular complexity index is 190. The van der Waals surface area contributed by atoms with E-state index in [1.54, 1.807) is 17.7 Å². The largest absolute Gasteiger partial charge is 0.214 e. The number of nitrogens with zero attached hydrogens (tertiary/aromatic N) is 1. The Kier molecular flexibility index (Phi) is 1.23. The molecule has 0 unspecified atom stereocenters. The van der Waals surface area contributed by atoms with Crippen LogP contribution >= 0.6 is 0 Å². The van der Waals surface area contributed by atoms with Crippen molar-refractivity contribution in [2.45, 2.75) is 0 Å². The molecule has 0 bridgehead atoms. The zero-order valence-corrected chi connectivity index (χ0v) is 5.85. The summed E-state index contributed by atoms with van der Waals surface area (Å²) < 4.78 is 3.84. The number of rotatable bonds is 0. The van der Waals surface area contributed by atoms with Crippen molar-refractivity contribution in [1.82, 2.24) is 0 Å². The Morgan fingerprint density at radius 2 is 2.14 bits per heavy atom. The minimum absolute atomic E-state index is 1.49. The lowest BCUT2D eigenvalue weighted by molar-refractivity contribution is 2.02. The summed E-state index contributed by atoms with van der Waals surface area (Å²) >= 11 is 9.64. The topological polar surface area (TPSA) is 12.4 Å². The molecular weight excluding hydrogens is 146 g/mol. The quantitative estimate of drug-likeness (QED) is 0.499. The fraction of sp³-hybridized carbons (Fsp3) is 0. The van der Waals surface area contributed by atoms with Gasteiger partial charge in [-0.05, 0) is 28.5 Å². The molecular formula is C3H3NS3. The molecule has 1 aliphatic heterocycles. The third-order valence-corrected chi connectivity index (χ3v) is 2.64. The van der Waals surface area contributed by atoms with Gasteiger partial charge in [0.1, 0.15) is 0 Å². The molecule has 4 heteroatoms. The molecule has 0 amide bonds. The summed E-state index contributed by atoms with van der Waals surface area (Å²) in [5, 5.41) is 1.79. The molecule has 7 heavy (non-hydrogen) atoms. The highest BCUT2D eigenvalue weighted by atomic mass is 33.1. The molecule has 0 aromatic rings. The molecule has 0 N–H and O–H groups in total. The van der Waals surface area contributed by atoms with Crippen LogP contribution in [0, 0.1) is 0 Å². The van der Waals surface area contributed by atoms with E-state index in [0.29, 0.717) is 0 Å². The standard InChI is InChI=1S/C3H3NS3/c5-7(6)3-1-2-4-7/h1-3H. The zero-order valence-electron chi connectivity index (χ0n) is 3.40. The summed E-state index contributed by atoms with van der Waals surface area (Å²) in [7, 11) is -1.49. The molecule has 0 saturated carbocycles. The molecule has 1 aliphatic rings. The van der Waals surface area contributed by atoms with E-state index in [0.717, 1.165) is 0 Å². The SMILES string of the molecule is S=S1(=S)C=CC=N1. The van der Waals surface area contributed by atoms with Crippen molar-refractivity contribution in [1.29, 1.82) is 0 Å². The number of hydrogen-bond donors (Lipinski definition) is 0. The monoisotopic (exact) mass is 149 g/mol. The van der Waals surface area contributed by atoms with Crippen molar-refractivity contribution in [3.63, 3.8) is 0 Å². The Balaban J connectivity index is 3.25. The minimum atomic E-state index is -1.49. The van der Waals surface area contributed by atoms with Crippen molar-refractivity contribution in [2.24, 2.45) is 4.40 Å². The molecule has 0 saturated heterocycles. The van der Waals surface area contributed by atoms with Crippen LogP contribution < -0.4 is 0 Å². The normalized spacial score (nSPS) is 23.4. The van der Waals surface area contributed by atoms with Gasteiger partial charge in [0.2, 0.25) is 0 Å². The van der Waals surface area contributed by atoms with E-state index in [1.165, 1.54) is 0 Å². The van der Waals surface area contributed by atoms with E-state index < -0.39 is 7.33 Å². The second-order valence-electron chi connectivity index (χ2n) is 1.10. The highest BCUT2D eigenvalue weighted by Gasteiger charge is 1.92. The average Bonchev–Trinajstić information content (AvgIpc) is 1.84. The summed E-state index contributed by atoms with van der Waals surface area (Å²) in [5.74, 6) is 0. The molecule has 0 atom stereocenters. The molecule has 38 valence electrons. The van der Waals surface area contributed by atoms with Crippen LogP contribution in [0.4, 0.5) is 0 Å². The minimum Gasteiger partial charge on any atom is -0.214 e. The molecule has 0 aliphatic carbocycles. The van der Waals surface area contributed by atoms with Gasteiger partial charge in [-0.1, -0.05) is 0 Å². The predicted octanol–water partition coefficient (Wildman–Crippen LogP) is 0.577. The van der Waals surface area contributed by atoms with Crippen molar-refractivity contribution in [2.75, 3.05) is 0 Å². The van der Waals surface area contributed by atoms with Crippen LogP contribution in [-0.2, 0) is 29.7 Å². The van der Waals surface area contributed by atoms with Gasteiger partial charge in [-0.25, -0.2) is 4.40 Å². The zero-order chi connectivity index (χ0) is 5.33. The van der Waals surface area contributed by atoms with E-state index in [4.69, 9.17) is 22.4 Å². The van der Waals surface area contributed by atoms with Crippen LogP contribution in [0.5, 0.6) is 0 Å². The van der Waals surface area contributed by atoms with Crippen LogP contribution in [0.2, 0.25) is 0 Å². The summed E-state index contributed by atoms with van der Waals surface area (Å²) in [5.41, 5.74) is 0. The molecule has 0 radical (unpaired) electrons. The first-order valence-electron chi connectivity index (χ1n) is 1.68. The lowest BCUT2D eigenvalue weighted by atomic mass is 10.7. The Morgan fingerprint density at radius 3 is 2.29 bits per heavy atom. The van der Waals surface area contributed by atoms with Crippen LogP contribution in [0.25, 0.3) is 0 Å². The van der Waals surface area contributed by atoms with E-state index in [9.17, 15) is 0 Å². The fourth-order valence-corrected chi connectivity index (χ4v) is 1.55. The summed E-state index contributed by atoms with van der Waals surface area (Å²) in [6.45, 7) is 0. The van der Waals surface area contributed by atoms with Crippen molar-refractivity contribution in [3.05, 3.63) is 11.5 Å². The van der Waals surface area contributed by atoms with E-state index >= 15 is 0 Å². The first-order chi connectivity index (χ1) is 3.21. The third kappa shape index (κ3) is 1.29. The fourth-order valence-electron chi connectivity index (χ4n) is 0.290. The molecule has 1 nitrogen and oxygen atoms in total. The lowest BCUT2D eigenvalue weighted by Crippen LogP contribution is -1.74. The van der Waals surface area contributed by atoms with Gasteiger partial charge in [-0.2, -0.15) is 0 Å². The maximum Gasteiger partial charge on any atom is 0.0367 e.